The highest BCUT2D eigenvalue weighted by atomic mass is 19.1. The highest BCUT2D eigenvalue weighted by Gasteiger charge is 2.28. The molecule has 18 heavy (non-hydrogen) atoms. The standard InChI is InChI=1S/C14H19FN2O/c1-10-9-16-7-8-17(10)14(18)11(2)12-5-3-4-6-13(12)15/h3-6,10-11,16H,7-9H2,1-2H3/t10-,11?/m1/s1. The van der Waals surface area contributed by atoms with Gasteiger partial charge < -0.3 is 10.2 Å². The van der Waals surface area contributed by atoms with Gasteiger partial charge in [0, 0.05) is 25.7 Å². The van der Waals surface area contributed by atoms with Crippen LogP contribution >= 0.6 is 0 Å². The van der Waals surface area contributed by atoms with Crippen molar-refractivity contribution < 1.29 is 9.18 Å². The zero-order chi connectivity index (χ0) is 13.1. The van der Waals surface area contributed by atoms with Gasteiger partial charge >= 0.3 is 0 Å². The van der Waals surface area contributed by atoms with Gasteiger partial charge in [0.2, 0.25) is 5.91 Å². The van der Waals surface area contributed by atoms with E-state index in [0.29, 0.717) is 12.1 Å². The predicted molar refractivity (Wildman–Crippen MR) is 68.9 cm³/mol. The molecule has 0 saturated carbocycles. The van der Waals surface area contributed by atoms with Gasteiger partial charge in [-0.15, -0.1) is 0 Å². The van der Waals surface area contributed by atoms with E-state index < -0.39 is 5.92 Å². The summed E-state index contributed by atoms with van der Waals surface area (Å²) in [6, 6.07) is 6.67. The van der Waals surface area contributed by atoms with E-state index in [4.69, 9.17) is 0 Å². The number of rotatable bonds is 2. The van der Waals surface area contributed by atoms with Gasteiger partial charge in [0.05, 0.1) is 5.92 Å². The monoisotopic (exact) mass is 250 g/mol. The third-order valence-electron chi connectivity index (χ3n) is 3.53. The largest absolute Gasteiger partial charge is 0.337 e. The van der Waals surface area contributed by atoms with E-state index in [1.54, 1.807) is 25.1 Å². The Morgan fingerprint density at radius 2 is 2.22 bits per heavy atom. The fourth-order valence-corrected chi connectivity index (χ4v) is 2.38. The second kappa shape index (κ2) is 5.48. The molecule has 3 nitrogen and oxygen atoms in total. The molecule has 2 atom stereocenters. The number of amides is 1. The quantitative estimate of drug-likeness (QED) is 0.867. The van der Waals surface area contributed by atoms with Crippen LogP contribution in [0.4, 0.5) is 4.39 Å². The van der Waals surface area contributed by atoms with Crippen LogP contribution < -0.4 is 5.32 Å². The van der Waals surface area contributed by atoms with Gasteiger partial charge in [-0.1, -0.05) is 18.2 Å². The topological polar surface area (TPSA) is 32.3 Å². The van der Waals surface area contributed by atoms with Gasteiger partial charge in [-0.2, -0.15) is 0 Å². The minimum atomic E-state index is -0.424. The fourth-order valence-electron chi connectivity index (χ4n) is 2.38. The molecule has 1 amide bonds. The molecule has 98 valence electrons. The molecule has 1 aliphatic rings. The number of hydrogen-bond acceptors (Lipinski definition) is 2. The van der Waals surface area contributed by atoms with Crippen LogP contribution in [0.3, 0.4) is 0 Å². The van der Waals surface area contributed by atoms with Crippen LogP contribution in [0.25, 0.3) is 0 Å². The van der Waals surface area contributed by atoms with Crippen molar-refractivity contribution in [3.63, 3.8) is 0 Å². The molecule has 1 aromatic rings. The molecule has 2 rings (SSSR count). The Morgan fingerprint density at radius 3 is 2.89 bits per heavy atom. The van der Waals surface area contributed by atoms with Crippen molar-refractivity contribution in [2.75, 3.05) is 19.6 Å². The third-order valence-corrected chi connectivity index (χ3v) is 3.53. The number of carbonyl (C=O) groups is 1. The highest BCUT2D eigenvalue weighted by molar-refractivity contribution is 5.83. The van der Waals surface area contributed by atoms with E-state index in [-0.39, 0.29) is 17.8 Å². The molecule has 0 aliphatic carbocycles. The summed E-state index contributed by atoms with van der Waals surface area (Å²) in [5, 5.41) is 3.24. The highest BCUT2D eigenvalue weighted by Crippen LogP contribution is 2.22. The summed E-state index contributed by atoms with van der Waals surface area (Å²) in [5.41, 5.74) is 0.480. The maximum absolute atomic E-state index is 13.7. The molecule has 1 aromatic carbocycles. The minimum Gasteiger partial charge on any atom is -0.337 e. The first-order valence-electron chi connectivity index (χ1n) is 6.37. The predicted octanol–water partition coefficient (Wildman–Crippen LogP) is 1.75. The molecule has 0 aromatic heterocycles. The lowest BCUT2D eigenvalue weighted by Gasteiger charge is -2.35. The van der Waals surface area contributed by atoms with E-state index in [2.05, 4.69) is 5.32 Å². The van der Waals surface area contributed by atoms with Crippen LogP contribution in [0.15, 0.2) is 24.3 Å². The number of piperazine rings is 1. The molecule has 0 spiro atoms. The molecule has 1 unspecified atom stereocenters. The van der Waals surface area contributed by atoms with Gasteiger partial charge in [-0.3, -0.25) is 4.79 Å². The Bertz CT molecular complexity index is 436. The third kappa shape index (κ3) is 2.53. The van der Waals surface area contributed by atoms with Crippen LogP contribution in [0.2, 0.25) is 0 Å². The smallest absolute Gasteiger partial charge is 0.230 e. The normalized spacial score (nSPS) is 21.7. The summed E-state index contributed by atoms with van der Waals surface area (Å²) in [7, 11) is 0. The molecule has 4 heteroatoms. The number of nitrogens with one attached hydrogen (secondary N) is 1. The Balaban J connectivity index is 2.16. The maximum Gasteiger partial charge on any atom is 0.230 e. The molecule has 1 heterocycles. The van der Waals surface area contributed by atoms with Gasteiger partial charge in [0.1, 0.15) is 5.82 Å². The van der Waals surface area contributed by atoms with E-state index in [9.17, 15) is 9.18 Å². The van der Waals surface area contributed by atoms with E-state index in [0.717, 1.165) is 13.1 Å². The van der Waals surface area contributed by atoms with Crippen molar-refractivity contribution in [1.29, 1.82) is 0 Å². The molecule has 1 aliphatic heterocycles. The van der Waals surface area contributed by atoms with Crippen LogP contribution in [-0.4, -0.2) is 36.5 Å². The Hall–Kier alpha value is -1.42. The number of benzene rings is 1. The summed E-state index contributed by atoms with van der Waals surface area (Å²) >= 11 is 0. The SMILES string of the molecule is CC(C(=O)N1CCNC[C@H]1C)c1ccccc1F. The van der Waals surface area contributed by atoms with Crippen LogP contribution in [0.5, 0.6) is 0 Å². The first-order valence-corrected chi connectivity index (χ1v) is 6.37. The lowest BCUT2D eigenvalue weighted by molar-refractivity contribution is -0.135. The Labute approximate surface area is 107 Å². The summed E-state index contributed by atoms with van der Waals surface area (Å²) in [6.45, 7) is 6.09. The van der Waals surface area contributed by atoms with Gasteiger partial charge in [0.15, 0.2) is 0 Å². The lowest BCUT2D eigenvalue weighted by Crippen LogP contribution is -2.53. The Morgan fingerprint density at radius 1 is 1.50 bits per heavy atom. The number of carbonyl (C=O) groups excluding carboxylic acids is 1. The lowest BCUT2D eigenvalue weighted by atomic mass is 9.98. The van der Waals surface area contributed by atoms with E-state index in [1.807, 2.05) is 11.8 Å². The van der Waals surface area contributed by atoms with Crippen molar-refractivity contribution in [3.8, 4) is 0 Å². The summed E-state index contributed by atoms with van der Waals surface area (Å²) < 4.78 is 13.7. The van der Waals surface area contributed by atoms with Gasteiger partial charge in [-0.05, 0) is 25.5 Å². The maximum atomic E-state index is 13.7. The van der Waals surface area contributed by atoms with Crippen molar-refractivity contribution in [3.05, 3.63) is 35.6 Å². The molecular formula is C14H19FN2O. The zero-order valence-corrected chi connectivity index (χ0v) is 10.8. The summed E-state index contributed by atoms with van der Waals surface area (Å²) in [5.74, 6) is -0.720. The van der Waals surface area contributed by atoms with Gasteiger partial charge in [0.25, 0.3) is 0 Å². The first kappa shape index (κ1) is 13.0. The second-order valence-corrected chi connectivity index (χ2v) is 4.83. The number of nitrogens with zero attached hydrogens (tertiary/aromatic N) is 1. The average molecular weight is 250 g/mol. The van der Waals surface area contributed by atoms with Crippen LogP contribution in [0, 0.1) is 5.82 Å². The fraction of sp³-hybridized carbons (Fsp3) is 0.500. The Kier molecular flexibility index (Phi) is 3.97. The molecule has 1 fully saturated rings. The van der Waals surface area contributed by atoms with E-state index >= 15 is 0 Å². The van der Waals surface area contributed by atoms with Crippen molar-refractivity contribution in [2.24, 2.45) is 0 Å². The number of halogens is 1. The zero-order valence-electron chi connectivity index (χ0n) is 10.8. The van der Waals surface area contributed by atoms with E-state index in [1.165, 1.54) is 6.07 Å². The van der Waals surface area contributed by atoms with Gasteiger partial charge in [-0.25, -0.2) is 4.39 Å². The minimum absolute atomic E-state index is 0.00843. The first-order chi connectivity index (χ1) is 8.61. The second-order valence-electron chi connectivity index (χ2n) is 4.83. The van der Waals surface area contributed by atoms with Crippen molar-refractivity contribution in [2.45, 2.75) is 25.8 Å². The number of hydrogen-bond donors (Lipinski definition) is 1. The summed E-state index contributed by atoms with van der Waals surface area (Å²) in [6.07, 6.45) is 0. The van der Waals surface area contributed by atoms with Crippen LogP contribution in [0.1, 0.15) is 25.3 Å². The molecule has 1 saturated heterocycles. The summed E-state index contributed by atoms with van der Waals surface area (Å²) in [4.78, 5) is 14.2. The molecule has 1 N–H and O–H groups in total. The van der Waals surface area contributed by atoms with Crippen LogP contribution in [-0.2, 0) is 4.79 Å². The average Bonchev–Trinajstić information content (AvgIpc) is 2.38. The van der Waals surface area contributed by atoms with Crippen molar-refractivity contribution in [1.82, 2.24) is 10.2 Å². The molecule has 0 radical (unpaired) electrons. The van der Waals surface area contributed by atoms with Crippen molar-refractivity contribution >= 4 is 5.91 Å². The molecular weight excluding hydrogens is 231 g/mol. The molecule has 0 bridgehead atoms.